The van der Waals surface area contributed by atoms with Gasteiger partial charge < -0.3 is 4.43 Å². The highest BCUT2D eigenvalue weighted by Crippen LogP contribution is 2.73. The topological polar surface area (TPSA) is 9.23 Å². The lowest BCUT2D eigenvalue weighted by Gasteiger charge is -2.40. The minimum atomic E-state index is -1.55. The predicted molar refractivity (Wildman–Crippen MR) is 76.9 cm³/mol. The summed E-state index contributed by atoms with van der Waals surface area (Å²) in [6.45, 7) is 12.0. The van der Waals surface area contributed by atoms with Crippen LogP contribution >= 0.6 is 0 Å². The van der Waals surface area contributed by atoms with Crippen LogP contribution in [-0.2, 0) is 4.43 Å². The van der Waals surface area contributed by atoms with E-state index in [2.05, 4.69) is 33.9 Å². The molecule has 4 aliphatic rings. The summed E-state index contributed by atoms with van der Waals surface area (Å²) in [4.78, 5) is 0. The third-order valence-electron chi connectivity index (χ3n) is 6.85. The number of hydrogen-bond acceptors (Lipinski definition) is 1. The summed E-state index contributed by atoms with van der Waals surface area (Å²) in [7, 11) is -1.55. The minimum Gasteiger partial charge on any atom is -0.413 e. The molecule has 0 N–H and O–H groups in total. The Morgan fingerprint density at radius 3 is 1.61 bits per heavy atom. The molecule has 4 fully saturated rings. The van der Waals surface area contributed by atoms with Gasteiger partial charge in [0.05, 0.1) is 6.10 Å². The molecule has 0 saturated heterocycles. The lowest BCUT2D eigenvalue weighted by atomic mass is 10.1. The van der Waals surface area contributed by atoms with Crippen LogP contribution in [0.3, 0.4) is 0 Å². The molecule has 0 aromatic carbocycles. The van der Waals surface area contributed by atoms with Gasteiger partial charge in [-0.2, -0.15) is 0 Å². The Hall–Kier alpha value is 0.177. The monoisotopic (exact) mass is 264 g/mol. The van der Waals surface area contributed by atoms with E-state index < -0.39 is 8.32 Å². The molecule has 0 heterocycles. The van der Waals surface area contributed by atoms with Crippen molar-refractivity contribution in [3.63, 3.8) is 0 Å². The van der Waals surface area contributed by atoms with Crippen molar-refractivity contribution in [2.45, 2.75) is 64.3 Å². The lowest BCUT2D eigenvalue weighted by molar-refractivity contribution is 0.127. The van der Waals surface area contributed by atoms with E-state index in [0.717, 1.165) is 35.5 Å². The van der Waals surface area contributed by atoms with E-state index in [-0.39, 0.29) is 0 Å². The summed E-state index contributed by atoms with van der Waals surface area (Å²) in [5.41, 5.74) is 0. The van der Waals surface area contributed by atoms with Gasteiger partial charge in [0.15, 0.2) is 8.32 Å². The molecule has 1 nitrogen and oxygen atoms in total. The van der Waals surface area contributed by atoms with Gasteiger partial charge in [0.25, 0.3) is 0 Å². The van der Waals surface area contributed by atoms with Crippen molar-refractivity contribution < 1.29 is 4.43 Å². The second-order valence-electron chi connectivity index (χ2n) is 9.03. The first kappa shape index (κ1) is 12.0. The average Bonchev–Trinajstić information content (AvgIpc) is 3.06. The number of fused-ring (bicyclic) bond motifs is 5. The molecular formula is C16H28OSi. The first-order chi connectivity index (χ1) is 8.29. The summed E-state index contributed by atoms with van der Waals surface area (Å²) in [5, 5.41) is 0.372. The van der Waals surface area contributed by atoms with E-state index in [1.165, 1.54) is 12.8 Å². The zero-order valence-electron chi connectivity index (χ0n) is 12.6. The van der Waals surface area contributed by atoms with Crippen LogP contribution in [0.4, 0.5) is 0 Å². The van der Waals surface area contributed by atoms with Gasteiger partial charge in [0, 0.05) is 0 Å². The van der Waals surface area contributed by atoms with Gasteiger partial charge in [-0.05, 0) is 72.9 Å². The first-order valence-corrected chi connectivity index (χ1v) is 10.9. The second-order valence-corrected chi connectivity index (χ2v) is 13.8. The maximum atomic E-state index is 6.84. The van der Waals surface area contributed by atoms with E-state index in [1.807, 2.05) is 0 Å². The Balaban J connectivity index is 1.52. The summed E-state index contributed by atoms with van der Waals surface area (Å²) in [6, 6.07) is 0. The van der Waals surface area contributed by atoms with Gasteiger partial charge in [0.1, 0.15) is 0 Å². The third-order valence-corrected chi connectivity index (χ3v) is 11.3. The Kier molecular flexibility index (Phi) is 2.16. The molecular weight excluding hydrogens is 236 g/mol. The summed E-state index contributed by atoms with van der Waals surface area (Å²) in [5.74, 6) is 6.37. The zero-order valence-corrected chi connectivity index (χ0v) is 13.6. The first-order valence-electron chi connectivity index (χ1n) is 7.97. The molecule has 7 atom stereocenters. The smallest absolute Gasteiger partial charge is 0.192 e. The molecule has 4 aliphatic carbocycles. The molecule has 0 bridgehead atoms. The normalized spacial score (nSPS) is 52.8. The van der Waals surface area contributed by atoms with Crippen molar-refractivity contribution in [3.8, 4) is 0 Å². The van der Waals surface area contributed by atoms with Crippen LogP contribution in [0.25, 0.3) is 0 Å². The maximum Gasteiger partial charge on any atom is 0.192 e. The zero-order chi connectivity index (χ0) is 12.9. The molecule has 4 rings (SSSR count). The summed E-state index contributed by atoms with van der Waals surface area (Å²) in [6.07, 6.45) is 5.25. The summed E-state index contributed by atoms with van der Waals surface area (Å²) >= 11 is 0. The van der Waals surface area contributed by atoms with Crippen LogP contribution in [0.15, 0.2) is 0 Å². The van der Waals surface area contributed by atoms with Gasteiger partial charge in [-0.25, -0.2) is 0 Å². The molecule has 0 radical (unpaired) electrons. The molecule has 0 amide bonds. The number of hydrogen-bond donors (Lipinski definition) is 0. The van der Waals surface area contributed by atoms with Crippen LogP contribution in [0, 0.1) is 35.5 Å². The van der Waals surface area contributed by atoms with Gasteiger partial charge in [-0.3, -0.25) is 0 Å². The average molecular weight is 264 g/mol. The van der Waals surface area contributed by atoms with E-state index in [0.29, 0.717) is 11.1 Å². The van der Waals surface area contributed by atoms with Gasteiger partial charge >= 0.3 is 0 Å². The van der Waals surface area contributed by atoms with Crippen molar-refractivity contribution in [2.24, 2.45) is 35.5 Å². The fraction of sp³-hybridized carbons (Fsp3) is 1.00. The Labute approximate surface area is 113 Å². The molecule has 0 aliphatic heterocycles. The molecule has 1 unspecified atom stereocenters. The van der Waals surface area contributed by atoms with E-state index >= 15 is 0 Å². The Morgan fingerprint density at radius 1 is 0.778 bits per heavy atom. The molecule has 102 valence electrons. The quantitative estimate of drug-likeness (QED) is 0.676. The lowest BCUT2D eigenvalue weighted by Crippen LogP contribution is -2.45. The highest BCUT2D eigenvalue weighted by molar-refractivity contribution is 6.74. The van der Waals surface area contributed by atoms with Gasteiger partial charge in [0.2, 0.25) is 0 Å². The largest absolute Gasteiger partial charge is 0.413 e. The molecule has 0 aromatic heterocycles. The highest BCUT2D eigenvalue weighted by atomic mass is 28.4. The Bertz CT molecular complexity index is 361. The van der Waals surface area contributed by atoms with Crippen LogP contribution in [-0.4, -0.2) is 14.4 Å². The molecule has 2 heteroatoms. The molecule has 0 aromatic rings. The fourth-order valence-electron chi connectivity index (χ4n) is 4.44. The van der Waals surface area contributed by atoms with Crippen LogP contribution < -0.4 is 0 Å². The van der Waals surface area contributed by atoms with Crippen LogP contribution in [0.5, 0.6) is 0 Å². The highest BCUT2D eigenvalue weighted by Gasteiger charge is 2.69. The van der Waals surface area contributed by atoms with Crippen molar-refractivity contribution in [1.82, 2.24) is 0 Å². The minimum absolute atomic E-state index is 0.372. The second kappa shape index (κ2) is 3.25. The van der Waals surface area contributed by atoms with Crippen molar-refractivity contribution in [1.29, 1.82) is 0 Å². The molecule has 18 heavy (non-hydrogen) atoms. The van der Waals surface area contributed by atoms with Gasteiger partial charge in [-0.1, -0.05) is 20.8 Å². The van der Waals surface area contributed by atoms with Crippen molar-refractivity contribution >= 4 is 8.32 Å². The van der Waals surface area contributed by atoms with Crippen molar-refractivity contribution in [3.05, 3.63) is 0 Å². The SMILES string of the molecule is CC(C)(C)[Si](C)(C)OC1[C@H]2C[C@@H]2[C@H]2C[C@H]2[C@H]2C[C@@H]12. The van der Waals surface area contributed by atoms with E-state index in [1.54, 1.807) is 6.42 Å². The number of rotatable bonds is 2. The van der Waals surface area contributed by atoms with E-state index in [4.69, 9.17) is 4.43 Å². The van der Waals surface area contributed by atoms with Crippen LogP contribution in [0.2, 0.25) is 18.1 Å². The maximum absolute atomic E-state index is 6.84. The predicted octanol–water partition coefficient (Wildman–Crippen LogP) is 4.30. The van der Waals surface area contributed by atoms with Gasteiger partial charge in [-0.15, -0.1) is 0 Å². The standard InChI is InChI=1S/C16H28OSi/c1-16(2,3)18(4,5)17-15-13-7-11(13)9-6-10(9)12-8-14(12)15/h9-15H,6-8H2,1-5H3/t9-,10+,11-,12-,13-,14+,15?/m1/s1. The van der Waals surface area contributed by atoms with E-state index in [9.17, 15) is 0 Å². The third kappa shape index (κ3) is 1.61. The van der Waals surface area contributed by atoms with Crippen molar-refractivity contribution in [2.75, 3.05) is 0 Å². The molecule has 0 spiro atoms. The fourth-order valence-corrected chi connectivity index (χ4v) is 5.82. The Morgan fingerprint density at radius 2 is 1.17 bits per heavy atom. The van der Waals surface area contributed by atoms with Crippen LogP contribution in [0.1, 0.15) is 40.0 Å². The summed E-state index contributed by atoms with van der Waals surface area (Å²) < 4.78 is 6.84. The molecule has 4 saturated carbocycles.